The molecule has 8 heteroatoms. The maximum atomic E-state index is 12.5. The first-order valence-corrected chi connectivity index (χ1v) is 12.2. The second-order valence-corrected chi connectivity index (χ2v) is 9.19. The van der Waals surface area contributed by atoms with E-state index in [1.165, 1.54) is 4.90 Å². The van der Waals surface area contributed by atoms with Crippen molar-refractivity contribution in [1.29, 1.82) is 0 Å². The van der Waals surface area contributed by atoms with E-state index in [2.05, 4.69) is 26.9 Å². The summed E-state index contributed by atoms with van der Waals surface area (Å²) in [6, 6.07) is 19.1. The molecule has 0 bridgehead atoms. The molecule has 3 heterocycles. The molecule has 7 nitrogen and oxygen atoms in total. The van der Waals surface area contributed by atoms with Crippen LogP contribution in [0.2, 0.25) is 0 Å². The van der Waals surface area contributed by atoms with Crippen molar-refractivity contribution in [1.82, 2.24) is 19.7 Å². The molecule has 2 aromatic carbocycles. The van der Waals surface area contributed by atoms with Crippen LogP contribution in [-0.4, -0.2) is 43.8 Å². The predicted octanol–water partition coefficient (Wildman–Crippen LogP) is 5.06. The van der Waals surface area contributed by atoms with Gasteiger partial charge in [0.25, 0.3) is 11.8 Å². The second kappa shape index (κ2) is 9.69. The average Bonchev–Trinajstić information content (AvgIpc) is 3.52. The number of aromatic nitrogens is 3. The molecule has 0 unspecified atom stereocenters. The lowest BCUT2D eigenvalue weighted by Gasteiger charge is -2.13. The number of carbonyl (C=O) groups excluding carboxylic acids is 2. The van der Waals surface area contributed by atoms with E-state index in [1.54, 1.807) is 42.3 Å². The van der Waals surface area contributed by atoms with E-state index in [9.17, 15) is 9.59 Å². The molecule has 1 aliphatic heterocycles. The van der Waals surface area contributed by atoms with Gasteiger partial charge in [-0.15, -0.1) is 10.2 Å². The quantitative estimate of drug-likeness (QED) is 0.192. The smallest absolute Gasteiger partial charge is 0.261 e. The molecule has 0 atom stereocenters. The number of unbranched alkanes of at least 4 members (excludes halogenated alkanes) is 1. The highest BCUT2D eigenvalue weighted by Crippen LogP contribution is 2.29. The number of hydrogen-bond donors (Lipinski definition) is 0. The number of rotatable bonds is 9. The molecular weight excluding hydrogens is 448 g/mol. The Hall–Kier alpha value is -3.65. The van der Waals surface area contributed by atoms with E-state index < -0.39 is 0 Å². The lowest BCUT2D eigenvalue weighted by Crippen LogP contribution is -2.30. The van der Waals surface area contributed by atoms with Crippen LogP contribution in [0.4, 0.5) is 0 Å². The van der Waals surface area contributed by atoms with Gasteiger partial charge in [0.1, 0.15) is 5.76 Å². The van der Waals surface area contributed by atoms with Crippen LogP contribution in [0.1, 0.15) is 44.9 Å². The molecule has 0 saturated heterocycles. The van der Waals surface area contributed by atoms with Crippen LogP contribution < -0.4 is 0 Å². The first kappa shape index (κ1) is 22.2. The first-order chi connectivity index (χ1) is 16.6. The number of aryl methyl sites for hydroxylation is 1. The molecule has 1 aliphatic rings. The van der Waals surface area contributed by atoms with E-state index in [0.717, 1.165) is 46.5 Å². The number of amides is 2. The summed E-state index contributed by atoms with van der Waals surface area (Å²) in [7, 11) is 0. The zero-order chi connectivity index (χ0) is 23.5. The highest BCUT2D eigenvalue weighted by Gasteiger charge is 2.34. The van der Waals surface area contributed by atoms with Crippen molar-refractivity contribution < 1.29 is 14.0 Å². The van der Waals surface area contributed by atoms with Crippen LogP contribution in [-0.2, 0) is 6.54 Å². The standard InChI is InChI=1S/C26H24N4O3S/c1-18-20(13-15-33-18)23-27-28-26(30(23)17-19-9-3-2-4-10-19)34-16-8-7-14-29-24(31)21-11-5-6-12-22(21)25(29)32/h2-6,9-13,15H,7-8,14,16-17H2,1H3. The van der Waals surface area contributed by atoms with Crippen molar-refractivity contribution in [3.8, 4) is 11.4 Å². The molecule has 0 fully saturated rings. The van der Waals surface area contributed by atoms with Gasteiger partial charge in [-0.2, -0.15) is 0 Å². The molecule has 0 N–H and O–H groups in total. The minimum Gasteiger partial charge on any atom is -0.469 e. The fraction of sp³-hybridized carbons (Fsp3) is 0.231. The van der Waals surface area contributed by atoms with Crippen LogP contribution >= 0.6 is 11.8 Å². The van der Waals surface area contributed by atoms with Gasteiger partial charge < -0.3 is 4.42 Å². The largest absolute Gasteiger partial charge is 0.469 e. The molecular formula is C26H24N4O3S. The summed E-state index contributed by atoms with van der Waals surface area (Å²) in [4.78, 5) is 26.4. The minimum absolute atomic E-state index is 0.198. The molecule has 5 rings (SSSR count). The van der Waals surface area contributed by atoms with Gasteiger partial charge in [-0.3, -0.25) is 19.1 Å². The maximum Gasteiger partial charge on any atom is 0.261 e. The third kappa shape index (κ3) is 4.28. The summed E-state index contributed by atoms with van der Waals surface area (Å²) < 4.78 is 7.60. The number of hydrogen-bond acceptors (Lipinski definition) is 6. The topological polar surface area (TPSA) is 81.2 Å². The average molecular weight is 473 g/mol. The maximum absolute atomic E-state index is 12.5. The Morgan fingerprint density at radius 1 is 0.853 bits per heavy atom. The van der Waals surface area contributed by atoms with Crippen molar-refractivity contribution in [2.24, 2.45) is 0 Å². The molecule has 0 saturated carbocycles. The van der Waals surface area contributed by atoms with Crippen LogP contribution in [0, 0.1) is 6.92 Å². The number of furan rings is 1. The van der Waals surface area contributed by atoms with Gasteiger partial charge in [-0.1, -0.05) is 54.2 Å². The Bertz CT molecular complexity index is 1290. The van der Waals surface area contributed by atoms with E-state index in [1.807, 2.05) is 31.2 Å². The number of imide groups is 1. The normalized spacial score (nSPS) is 13.0. The van der Waals surface area contributed by atoms with Crippen LogP contribution in [0.25, 0.3) is 11.4 Å². The Kier molecular flexibility index (Phi) is 6.31. The van der Waals surface area contributed by atoms with Gasteiger partial charge in [-0.25, -0.2) is 0 Å². The van der Waals surface area contributed by atoms with Crippen LogP contribution in [0.5, 0.6) is 0 Å². The van der Waals surface area contributed by atoms with Crippen LogP contribution in [0.15, 0.2) is 76.5 Å². The number of nitrogens with zero attached hydrogens (tertiary/aromatic N) is 4. The monoisotopic (exact) mass is 472 g/mol. The minimum atomic E-state index is -0.198. The molecule has 2 aromatic heterocycles. The van der Waals surface area contributed by atoms with Gasteiger partial charge in [0.2, 0.25) is 0 Å². The van der Waals surface area contributed by atoms with Gasteiger partial charge in [-0.05, 0) is 43.5 Å². The van der Waals surface area contributed by atoms with Crippen molar-refractivity contribution in [3.05, 3.63) is 89.4 Å². The zero-order valence-corrected chi connectivity index (χ0v) is 19.6. The fourth-order valence-corrected chi connectivity index (χ4v) is 5.03. The molecule has 172 valence electrons. The predicted molar refractivity (Wildman–Crippen MR) is 130 cm³/mol. The third-order valence-corrected chi connectivity index (χ3v) is 6.94. The Morgan fingerprint density at radius 3 is 2.24 bits per heavy atom. The van der Waals surface area contributed by atoms with Gasteiger partial charge in [0, 0.05) is 12.3 Å². The molecule has 0 spiro atoms. The van der Waals surface area contributed by atoms with E-state index in [4.69, 9.17) is 4.42 Å². The van der Waals surface area contributed by atoms with Gasteiger partial charge >= 0.3 is 0 Å². The van der Waals surface area contributed by atoms with Crippen molar-refractivity contribution in [3.63, 3.8) is 0 Å². The van der Waals surface area contributed by atoms with Gasteiger partial charge in [0.05, 0.1) is 29.5 Å². The lowest BCUT2D eigenvalue weighted by molar-refractivity contribution is 0.0652. The Morgan fingerprint density at radius 2 is 1.56 bits per heavy atom. The molecule has 34 heavy (non-hydrogen) atoms. The van der Waals surface area contributed by atoms with Gasteiger partial charge in [0.15, 0.2) is 11.0 Å². The molecule has 0 radical (unpaired) electrons. The number of carbonyl (C=O) groups is 2. The summed E-state index contributed by atoms with van der Waals surface area (Å²) in [5.41, 5.74) is 3.09. The van der Waals surface area contributed by atoms with Crippen LogP contribution in [0.3, 0.4) is 0 Å². The van der Waals surface area contributed by atoms with E-state index in [-0.39, 0.29) is 11.8 Å². The summed E-state index contributed by atoms with van der Waals surface area (Å²) >= 11 is 1.63. The summed E-state index contributed by atoms with van der Waals surface area (Å²) in [6.45, 7) is 3.00. The van der Waals surface area contributed by atoms with Crippen molar-refractivity contribution in [2.75, 3.05) is 12.3 Å². The third-order valence-electron chi connectivity index (χ3n) is 5.89. The lowest BCUT2D eigenvalue weighted by atomic mass is 10.1. The SMILES string of the molecule is Cc1occc1-c1nnc(SCCCCN2C(=O)c3ccccc3C2=O)n1Cc1ccccc1. The highest BCUT2D eigenvalue weighted by atomic mass is 32.2. The number of thioether (sulfide) groups is 1. The second-order valence-electron chi connectivity index (χ2n) is 8.13. The first-order valence-electron chi connectivity index (χ1n) is 11.2. The summed E-state index contributed by atoms with van der Waals surface area (Å²) in [5.74, 6) is 2.00. The number of fused-ring (bicyclic) bond motifs is 1. The van der Waals surface area contributed by atoms with E-state index >= 15 is 0 Å². The summed E-state index contributed by atoms with van der Waals surface area (Å²) in [6.07, 6.45) is 3.24. The fourth-order valence-electron chi connectivity index (χ4n) is 4.10. The molecule has 2 amide bonds. The molecule has 4 aromatic rings. The summed E-state index contributed by atoms with van der Waals surface area (Å²) in [5, 5.41) is 9.74. The van der Waals surface area contributed by atoms with Crippen molar-refractivity contribution in [2.45, 2.75) is 31.5 Å². The highest BCUT2D eigenvalue weighted by molar-refractivity contribution is 7.99. The van der Waals surface area contributed by atoms with Crippen molar-refractivity contribution >= 4 is 23.6 Å². The van der Waals surface area contributed by atoms with E-state index in [0.29, 0.717) is 24.2 Å². The molecule has 0 aliphatic carbocycles. The Balaban J connectivity index is 1.23. The number of benzene rings is 2. The Labute approximate surface area is 201 Å². The zero-order valence-electron chi connectivity index (χ0n) is 18.8.